The lowest BCUT2D eigenvalue weighted by Gasteiger charge is -2.11. The van der Waals surface area contributed by atoms with Crippen molar-refractivity contribution in [1.29, 1.82) is 0 Å². The number of rotatable bonds is 3. The molecule has 14 heavy (non-hydrogen) atoms. The molecule has 0 bridgehead atoms. The van der Waals surface area contributed by atoms with Crippen molar-refractivity contribution in [1.82, 2.24) is 0 Å². The van der Waals surface area contributed by atoms with E-state index >= 15 is 0 Å². The van der Waals surface area contributed by atoms with Crippen LogP contribution in [-0.2, 0) is 10.3 Å². The molecule has 1 aliphatic rings. The lowest BCUT2D eigenvalue weighted by molar-refractivity contribution is 0.324. The maximum Gasteiger partial charge on any atom is 0.161 e. The van der Waals surface area contributed by atoms with Gasteiger partial charge in [0.05, 0.1) is 20.8 Å². The summed E-state index contributed by atoms with van der Waals surface area (Å²) >= 11 is 0. The SMILES string of the molecule is COc1ccc(C2(C)CO2)cc1OC. The Labute approximate surface area is 83.6 Å². The molecule has 0 aliphatic carbocycles. The maximum atomic E-state index is 5.36. The van der Waals surface area contributed by atoms with Crippen LogP contribution in [0.4, 0.5) is 0 Å². The van der Waals surface area contributed by atoms with E-state index in [1.54, 1.807) is 14.2 Å². The third-order valence-corrected chi connectivity index (χ3v) is 2.57. The normalized spacial score (nSPS) is 24.5. The molecule has 0 amide bonds. The minimum atomic E-state index is -0.112. The average molecular weight is 194 g/mol. The van der Waals surface area contributed by atoms with E-state index in [0.29, 0.717) is 0 Å². The van der Waals surface area contributed by atoms with Crippen LogP contribution < -0.4 is 9.47 Å². The van der Waals surface area contributed by atoms with Gasteiger partial charge in [0, 0.05) is 0 Å². The van der Waals surface area contributed by atoms with E-state index in [1.807, 2.05) is 18.2 Å². The van der Waals surface area contributed by atoms with Gasteiger partial charge in [0.1, 0.15) is 5.60 Å². The third-order valence-electron chi connectivity index (χ3n) is 2.57. The molecule has 3 heteroatoms. The Morgan fingerprint density at radius 3 is 2.36 bits per heavy atom. The molecule has 76 valence electrons. The van der Waals surface area contributed by atoms with Crippen LogP contribution in [0.25, 0.3) is 0 Å². The fraction of sp³-hybridized carbons (Fsp3) is 0.455. The zero-order valence-corrected chi connectivity index (χ0v) is 8.66. The van der Waals surface area contributed by atoms with Gasteiger partial charge in [-0.05, 0) is 24.6 Å². The topological polar surface area (TPSA) is 31.0 Å². The number of hydrogen-bond acceptors (Lipinski definition) is 3. The van der Waals surface area contributed by atoms with Crippen molar-refractivity contribution in [2.24, 2.45) is 0 Å². The molecular weight excluding hydrogens is 180 g/mol. The Hall–Kier alpha value is -1.22. The molecule has 1 unspecified atom stereocenters. The van der Waals surface area contributed by atoms with Crippen molar-refractivity contribution in [2.75, 3.05) is 20.8 Å². The van der Waals surface area contributed by atoms with Crippen molar-refractivity contribution in [3.05, 3.63) is 23.8 Å². The van der Waals surface area contributed by atoms with Crippen LogP contribution in [-0.4, -0.2) is 20.8 Å². The number of methoxy groups -OCH3 is 2. The van der Waals surface area contributed by atoms with Gasteiger partial charge in [0.15, 0.2) is 11.5 Å². The van der Waals surface area contributed by atoms with E-state index in [9.17, 15) is 0 Å². The quantitative estimate of drug-likeness (QED) is 0.689. The van der Waals surface area contributed by atoms with Gasteiger partial charge in [-0.25, -0.2) is 0 Å². The van der Waals surface area contributed by atoms with Gasteiger partial charge in [-0.2, -0.15) is 0 Å². The summed E-state index contributed by atoms with van der Waals surface area (Å²) in [6.45, 7) is 2.84. The first-order chi connectivity index (χ1) is 6.69. The molecule has 1 aliphatic heterocycles. The highest BCUT2D eigenvalue weighted by atomic mass is 16.6. The highest BCUT2D eigenvalue weighted by Crippen LogP contribution is 2.41. The zero-order chi connectivity index (χ0) is 10.2. The fourth-order valence-electron chi connectivity index (χ4n) is 1.44. The minimum Gasteiger partial charge on any atom is -0.493 e. The van der Waals surface area contributed by atoms with E-state index in [4.69, 9.17) is 14.2 Å². The first-order valence-corrected chi connectivity index (χ1v) is 4.56. The smallest absolute Gasteiger partial charge is 0.161 e. The Balaban J connectivity index is 2.36. The van der Waals surface area contributed by atoms with E-state index in [-0.39, 0.29) is 5.60 Å². The molecule has 0 spiro atoms. The van der Waals surface area contributed by atoms with Gasteiger partial charge in [0.25, 0.3) is 0 Å². The lowest BCUT2D eigenvalue weighted by atomic mass is 10.0. The van der Waals surface area contributed by atoms with E-state index < -0.39 is 0 Å². The van der Waals surface area contributed by atoms with Crippen LogP contribution in [0.15, 0.2) is 18.2 Å². The minimum absolute atomic E-state index is 0.112. The summed E-state index contributed by atoms with van der Waals surface area (Å²) in [6.07, 6.45) is 0. The molecule has 0 aromatic heterocycles. The Bertz CT molecular complexity index is 342. The molecule has 1 heterocycles. The highest BCUT2D eigenvalue weighted by molar-refractivity contribution is 5.45. The number of hydrogen-bond donors (Lipinski definition) is 0. The molecule has 0 N–H and O–H groups in total. The standard InChI is InChI=1S/C11H14O3/c1-11(7-14-11)8-4-5-9(12-2)10(6-8)13-3/h4-6H,7H2,1-3H3. The molecule has 1 fully saturated rings. The number of epoxide rings is 1. The zero-order valence-electron chi connectivity index (χ0n) is 8.66. The van der Waals surface area contributed by atoms with Gasteiger partial charge < -0.3 is 14.2 Å². The highest BCUT2D eigenvalue weighted by Gasteiger charge is 2.41. The van der Waals surface area contributed by atoms with Crippen molar-refractivity contribution in [3.8, 4) is 11.5 Å². The molecule has 1 aromatic rings. The van der Waals surface area contributed by atoms with Gasteiger partial charge in [-0.1, -0.05) is 6.07 Å². The first-order valence-electron chi connectivity index (χ1n) is 4.56. The predicted molar refractivity (Wildman–Crippen MR) is 52.9 cm³/mol. The van der Waals surface area contributed by atoms with Gasteiger partial charge in [-0.15, -0.1) is 0 Å². The second kappa shape index (κ2) is 3.17. The lowest BCUT2D eigenvalue weighted by Crippen LogP contribution is -2.02. The van der Waals surface area contributed by atoms with Crippen LogP contribution in [0.5, 0.6) is 11.5 Å². The molecule has 1 saturated heterocycles. The molecule has 1 aromatic carbocycles. The van der Waals surface area contributed by atoms with Crippen LogP contribution in [0.3, 0.4) is 0 Å². The van der Waals surface area contributed by atoms with Gasteiger partial charge in [0.2, 0.25) is 0 Å². The summed E-state index contributed by atoms with van der Waals surface area (Å²) in [5.74, 6) is 1.50. The first kappa shape index (κ1) is 9.34. The Kier molecular flexibility index (Phi) is 2.11. The molecule has 0 radical (unpaired) electrons. The van der Waals surface area contributed by atoms with Crippen LogP contribution in [0.2, 0.25) is 0 Å². The van der Waals surface area contributed by atoms with Crippen molar-refractivity contribution in [3.63, 3.8) is 0 Å². The molecular formula is C11H14O3. The van der Waals surface area contributed by atoms with Crippen LogP contribution in [0, 0.1) is 0 Å². The van der Waals surface area contributed by atoms with Crippen LogP contribution >= 0.6 is 0 Å². The number of ether oxygens (including phenoxy) is 3. The molecule has 3 nitrogen and oxygen atoms in total. The second-order valence-electron chi connectivity index (χ2n) is 3.59. The van der Waals surface area contributed by atoms with E-state index in [0.717, 1.165) is 23.7 Å². The summed E-state index contributed by atoms with van der Waals surface area (Å²) in [7, 11) is 3.27. The summed E-state index contributed by atoms with van der Waals surface area (Å²) in [5, 5.41) is 0. The summed E-state index contributed by atoms with van der Waals surface area (Å²) in [6, 6.07) is 5.88. The average Bonchev–Trinajstić information content (AvgIpc) is 2.97. The van der Waals surface area contributed by atoms with E-state index in [2.05, 4.69) is 6.92 Å². The fourth-order valence-corrected chi connectivity index (χ4v) is 1.44. The summed E-state index contributed by atoms with van der Waals surface area (Å²) < 4.78 is 15.7. The largest absolute Gasteiger partial charge is 0.493 e. The van der Waals surface area contributed by atoms with E-state index in [1.165, 1.54) is 0 Å². The molecule has 1 atom stereocenters. The molecule has 2 rings (SSSR count). The monoisotopic (exact) mass is 194 g/mol. The second-order valence-corrected chi connectivity index (χ2v) is 3.59. The van der Waals surface area contributed by atoms with Crippen LogP contribution in [0.1, 0.15) is 12.5 Å². The maximum absolute atomic E-state index is 5.36. The number of benzene rings is 1. The third kappa shape index (κ3) is 1.44. The van der Waals surface area contributed by atoms with Gasteiger partial charge in [-0.3, -0.25) is 0 Å². The Morgan fingerprint density at radius 2 is 1.86 bits per heavy atom. The van der Waals surface area contributed by atoms with Crippen molar-refractivity contribution < 1.29 is 14.2 Å². The van der Waals surface area contributed by atoms with Crippen molar-refractivity contribution in [2.45, 2.75) is 12.5 Å². The molecule has 0 saturated carbocycles. The summed E-state index contributed by atoms with van der Waals surface area (Å²) in [5.41, 5.74) is 1.02. The van der Waals surface area contributed by atoms with Gasteiger partial charge >= 0.3 is 0 Å². The summed E-state index contributed by atoms with van der Waals surface area (Å²) in [4.78, 5) is 0. The Morgan fingerprint density at radius 1 is 1.21 bits per heavy atom. The predicted octanol–water partition coefficient (Wildman–Crippen LogP) is 1.95. The van der Waals surface area contributed by atoms with Crippen molar-refractivity contribution >= 4 is 0 Å².